The molecule has 1 amide bonds. The third kappa shape index (κ3) is 4.49. The van der Waals surface area contributed by atoms with Crippen LogP contribution < -0.4 is 10.1 Å². The van der Waals surface area contributed by atoms with Crippen LogP contribution in [0.1, 0.15) is 23.7 Å². The monoisotopic (exact) mass is 366 g/mol. The molecule has 0 fully saturated rings. The molecule has 0 aliphatic carbocycles. The minimum Gasteiger partial charge on any atom is -0.494 e. The van der Waals surface area contributed by atoms with Gasteiger partial charge in [-0.05, 0) is 62.2 Å². The maximum atomic E-state index is 12.3. The number of aromatic nitrogens is 1. The van der Waals surface area contributed by atoms with Crippen molar-refractivity contribution in [2.24, 2.45) is 0 Å². The van der Waals surface area contributed by atoms with Crippen LogP contribution in [-0.4, -0.2) is 17.5 Å². The first-order valence-corrected chi connectivity index (χ1v) is 9.48. The number of carbonyl (C=O) groups is 1. The van der Waals surface area contributed by atoms with E-state index < -0.39 is 0 Å². The van der Waals surface area contributed by atoms with Gasteiger partial charge in [-0.2, -0.15) is 0 Å². The molecule has 0 bridgehead atoms. The minimum absolute atomic E-state index is 0.0535. The maximum absolute atomic E-state index is 12.3. The number of anilines is 1. The highest BCUT2D eigenvalue weighted by Gasteiger charge is 2.11. The molecule has 134 valence electrons. The summed E-state index contributed by atoms with van der Waals surface area (Å²) in [6.45, 7) is 6.61. The number of hydrogen-bond acceptors (Lipinski definition) is 4. The van der Waals surface area contributed by atoms with Gasteiger partial charge in [0.2, 0.25) is 5.91 Å². The van der Waals surface area contributed by atoms with E-state index >= 15 is 0 Å². The SMILES string of the molecule is CCOc1ccc(-c2nc(CC(=O)Nc3cc(C)ccc3C)cs2)cc1. The molecule has 3 rings (SSSR count). The fourth-order valence-electron chi connectivity index (χ4n) is 2.61. The van der Waals surface area contributed by atoms with Gasteiger partial charge in [0.15, 0.2) is 0 Å². The van der Waals surface area contributed by atoms with Crippen LogP contribution >= 0.6 is 11.3 Å². The number of benzene rings is 2. The topological polar surface area (TPSA) is 51.2 Å². The second kappa shape index (κ2) is 8.15. The molecule has 1 heterocycles. The second-order valence-electron chi connectivity index (χ2n) is 6.14. The summed E-state index contributed by atoms with van der Waals surface area (Å²) >= 11 is 1.54. The number of amides is 1. The van der Waals surface area contributed by atoms with Crippen molar-refractivity contribution in [3.8, 4) is 16.3 Å². The molecule has 0 atom stereocenters. The van der Waals surface area contributed by atoms with Crippen LogP contribution in [0.15, 0.2) is 47.8 Å². The van der Waals surface area contributed by atoms with E-state index in [1.165, 1.54) is 0 Å². The van der Waals surface area contributed by atoms with Gasteiger partial charge in [-0.3, -0.25) is 4.79 Å². The van der Waals surface area contributed by atoms with Gasteiger partial charge in [0, 0.05) is 16.6 Å². The zero-order valence-corrected chi connectivity index (χ0v) is 16.0. The van der Waals surface area contributed by atoms with Crippen molar-refractivity contribution in [2.45, 2.75) is 27.2 Å². The molecular formula is C21H22N2O2S. The standard InChI is InChI=1S/C21H22N2O2S/c1-4-25-18-9-7-16(8-10-18)21-22-17(13-26-21)12-20(24)23-19-11-14(2)5-6-15(19)3/h5-11,13H,4,12H2,1-3H3,(H,23,24). The van der Waals surface area contributed by atoms with Crippen molar-refractivity contribution in [3.63, 3.8) is 0 Å². The van der Waals surface area contributed by atoms with Crippen molar-refractivity contribution in [2.75, 3.05) is 11.9 Å². The quantitative estimate of drug-likeness (QED) is 0.667. The maximum Gasteiger partial charge on any atom is 0.230 e. The first kappa shape index (κ1) is 18.1. The van der Waals surface area contributed by atoms with Crippen molar-refractivity contribution in [1.29, 1.82) is 0 Å². The van der Waals surface area contributed by atoms with Crippen molar-refractivity contribution in [1.82, 2.24) is 4.98 Å². The largest absolute Gasteiger partial charge is 0.494 e. The lowest BCUT2D eigenvalue weighted by molar-refractivity contribution is -0.115. The molecule has 1 N–H and O–H groups in total. The van der Waals surface area contributed by atoms with Gasteiger partial charge < -0.3 is 10.1 Å². The molecule has 0 aliphatic rings. The van der Waals surface area contributed by atoms with E-state index in [1.54, 1.807) is 11.3 Å². The molecule has 0 radical (unpaired) electrons. The van der Waals surface area contributed by atoms with E-state index in [2.05, 4.69) is 10.3 Å². The lowest BCUT2D eigenvalue weighted by Gasteiger charge is -2.08. The molecule has 0 aliphatic heterocycles. The first-order chi connectivity index (χ1) is 12.5. The van der Waals surface area contributed by atoms with Crippen molar-refractivity contribution < 1.29 is 9.53 Å². The third-order valence-electron chi connectivity index (χ3n) is 3.97. The molecule has 0 saturated heterocycles. The number of thiazole rings is 1. The molecule has 3 aromatic rings. The van der Waals surface area contributed by atoms with Gasteiger partial charge in [0.05, 0.1) is 18.7 Å². The summed E-state index contributed by atoms with van der Waals surface area (Å²) in [5.74, 6) is 0.795. The number of rotatable bonds is 6. The van der Waals surface area contributed by atoms with Crippen LogP contribution in [0.3, 0.4) is 0 Å². The molecule has 4 nitrogen and oxygen atoms in total. The van der Waals surface area contributed by atoms with E-state index in [0.717, 1.165) is 38.8 Å². The molecule has 0 spiro atoms. The summed E-state index contributed by atoms with van der Waals surface area (Å²) in [4.78, 5) is 16.9. The fourth-order valence-corrected chi connectivity index (χ4v) is 3.44. The second-order valence-corrected chi connectivity index (χ2v) is 7.00. The van der Waals surface area contributed by atoms with Gasteiger partial charge in [-0.25, -0.2) is 4.98 Å². The first-order valence-electron chi connectivity index (χ1n) is 8.60. The van der Waals surface area contributed by atoms with E-state index in [9.17, 15) is 4.79 Å². The molecule has 0 saturated carbocycles. The highest BCUT2D eigenvalue weighted by Crippen LogP contribution is 2.26. The molecular weight excluding hydrogens is 344 g/mol. The highest BCUT2D eigenvalue weighted by atomic mass is 32.1. The number of ether oxygens (including phenoxy) is 1. The summed E-state index contributed by atoms with van der Waals surface area (Å²) in [6, 6.07) is 13.9. The molecule has 2 aromatic carbocycles. The van der Waals surface area contributed by atoms with Crippen LogP contribution in [0.5, 0.6) is 5.75 Å². The Labute approximate surface area is 157 Å². The van der Waals surface area contributed by atoms with Crippen LogP contribution in [0, 0.1) is 13.8 Å². The smallest absolute Gasteiger partial charge is 0.230 e. The molecule has 0 unspecified atom stereocenters. The summed E-state index contributed by atoms with van der Waals surface area (Å²) in [6.07, 6.45) is 0.265. The van der Waals surface area contributed by atoms with Gasteiger partial charge in [0.1, 0.15) is 10.8 Å². The molecule has 26 heavy (non-hydrogen) atoms. The number of nitrogens with one attached hydrogen (secondary N) is 1. The Morgan fingerprint density at radius 3 is 2.65 bits per heavy atom. The lowest BCUT2D eigenvalue weighted by Crippen LogP contribution is -2.15. The number of nitrogens with zero attached hydrogens (tertiary/aromatic N) is 1. The molecule has 1 aromatic heterocycles. The Morgan fingerprint density at radius 2 is 1.92 bits per heavy atom. The van der Waals surface area contributed by atoms with Crippen molar-refractivity contribution in [3.05, 3.63) is 64.7 Å². The van der Waals surface area contributed by atoms with Gasteiger partial charge >= 0.3 is 0 Å². The van der Waals surface area contributed by atoms with Gasteiger partial charge in [-0.15, -0.1) is 11.3 Å². The van der Waals surface area contributed by atoms with Crippen LogP contribution in [-0.2, 0) is 11.2 Å². The van der Waals surface area contributed by atoms with E-state index in [1.807, 2.05) is 68.6 Å². The predicted octanol–water partition coefficient (Wildman–Crippen LogP) is 5.01. The Balaban J connectivity index is 1.66. The fraction of sp³-hybridized carbons (Fsp3) is 0.238. The van der Waals surface area contributed by atoms with E-state index in [0.29, 0.717) is 6.61 Å². The Bertz CT molecular complexity index is 901. The summed E-state index contributed by atoms with van der Waals surface area (Å²) in [5.41, 5.74) is 4.84. The molecule has 5 heteroatoms. The number of carbonyl (C=O) groups excluding carboxylic acids is 1. The minimum atomic E-state index is -0.0535. The number of hydrogen-bond donors (Lipinski definition) is 1. The normalized spacial score (nSPS) is 10.6. The van der Waals surface area contributed by atoms with Crippen LogP contribution in [0.4, 0.5) is 5.69 Å². The van der Waals surface area contributed by atoms with Crippen LogP contribution in [0.25, 0.3) is 10.6 Å². The number of aryl methyl sites for hydroxylation is 2. The zero-order chi connectivity index (χ0) is 18.5. The van der Waals surface area contributed by atoms with E-state index in [4.69, 9.17) is 4.74 Å². The van der Waals surface area contributed by atoms with Gasteiger partial charge in [-0.1, -0.05) is 12.1 Å². The predicted molar refractivity (Wildman–Crippen MR) is 107 cm³/mol. The Morgan fingerprint density at radius 1 is 1.15 bits per heavy atom. The zero-order valence-electron chi connectivity index (χ0n) is 15.2. The average Bonchev–Trinajstić information content (AvgIpc) is 3.07. The van der Waals surface area contributed by atoms with Crippen LogP contribution in [0.2, 0.25) is 0 Å². The van der Waals surface area contributed by atoms with E-state index in [-0.39, 0.29) is 12.3 Å². The summed E-state index contributed by atoms with van der Waals surface area (Å²) in [5, 5.41) is 5.82. The van der Waals surface area contributed by atoms with Crippen molar-refractivity contribution >= 4 is 22.9 Å². The third-order valence-corrected chi connectivity index (χ3v) is 4.91. The average molecular weight is 366 g/mol. The Kier molecular flexibility index (Phi) is 5.68. The summed E-state index contributed by atoms with van der Waals surface area (Å²) in [7, 11) is 0. The Hall–Kier alpha value is -2.66. The highest BCUT2D eigenvalue weighted by molar-refractivity contribution is 7.13. The summed E-state index contributed by atoms with van der Waals surface area (Å²) < 4.78 is 5.46. The van der Waals surface area contributed by atoms with Gasteiger partial charge in [0.25, 0.3) is 0 Å². The lowest BCUT2D eigenvalue weighted by atomic mass is 10.1.